The Hall–Kier alpha value is -2.39. The first kappa shape index (κ1) is 24.3. The molecule has 32 heavy (non-hydrogen) atoms. The molecule has 1 unspecified atom stereocenters. The molecule has 9 heteroatoms. The third kappa shape index (κ3) is 5.32. The van der Waals surface area contributed by atoms with Crippen molar-refractivity contribution in [3.05, 3.63) is 64.7 Å². The number of carbonyl (C=O) groups is 1. The van der Waals surface area contributed by atoms with E-state index in [1.165, 1.54) is 10.4 Å². The number of benzene rings is 2. The number of halogens is 3. The third-order valence-corrected chi connectivity index (χ3v) is 7.91. The van der Waals surface area contributed by atoms with E-state index >= 15 is 0 Å². The summed E-state index contributed by atoms with van der Waals surface area (Å²) in [4.78, 5) is 12.9. The molecule has 2 aromatic carbocycles. The van der Waals surface area contributed by atoms with E-state index in [1.54, 1.807) is 31.2 Å². The van der Waals surface area contributed by atoms with Gasteiger partial charge in [0.2, 0.25) is 15.9 Å². The predicted molar refractivity (Wildman–Crippen MR) is 115 cm³/mol. The van der Waals surface area contributed by atoms with Crippen LogP contribution in [0.3, 0.4) is 0 Å². The van der Waals surface area contributed by atoms with Crippen molar-refractivity contribution in [1.82, 2.24) is 9.62 Å². The summed E-state index contributed by atoms with van der Waals surface area (Å²) in [5.74, 6) is -0.674. The lowest BCUT2D eigenvalue weighted by molar-refractivity contribution is -0.137. The Balaban J connectivity index is 1.61. The van der Waals surface area contributed by atoms with E-state index in [4.69, 9.17) is 0 Å². The number of nitrogens with zero attached hydrogens (tertiary/aromatic N) is 1. The Morgan fingerprint density at radius 3 is 2.31 bits per heavy atom. The highest BCUT2D eigenvalue weighted by molar-refractivity contribution is 7.89. The summed E-state index contributed by atoms with van der Waals surface area (Å²) in [7, 11) is -3.64. The minimum absolute atomic E-state index is 0.214. The first-order chi connectivity index (χ1) is 14.9. The van der Waals surface area contributed by atoms with Crippen molar-refractivity contribution in [2.75, 3.05) is 13.1 Å². The minimum atomic E-state index is -4.45. The maximum Gasteiger partial charge on any atom is 0.416 e. The Labute approximate surface area is 186 Å². The molecule has 2 aromatic rings. The van der Waals surface area contributed by atoms with E-state index in [0.29, 0.717) is 18.4 Å². The lowest BCUT2D eigenvalue weighted by atomic mass is 9.96. The van der Waals surface area contributed by atoms with E-state index in [-0.39, 0.29) is 23.9 Å². The number of sulfonamides is 1. The minimum Gasteiger partial charge on any atom is -0.349 e. The van der Waals surface area contributed by atoms with Gasteiger partial charge in [0.15, 0.2) is 0 Å². The summed E-state index contributed by atoms with van der Waals surface area (Å²) in [6.07, 6.45) is -3.75. The average Bonchev–Trinajstić information content (AvgIpc) is 2.75. The summed E-state index contributed by atoms with van der Waals surface area (Å²) >= 11 is 0. The van der Waals surface area contributed by atoms with Crippen LogP contribution in [-0.2, 0) is 21.0 Å². The first-order valence-electron chi connectivity index (χ1n) is 10.4. The largest absolute Gasteiger partial charge is 0.416 e. The molecule has 0 spiro atoms. The Morgan fingerprint density at radius 2 is 1.72 bits per heavy atom. The van der Waals surface area contributed by atoms with Crippen LogP contribution in [0.2, 0.25) is 0 Å². The number of alkyl halides is 3. The molecule has 0 bridgehead atoms. The highest BCUT2D eigenvalue weighted by Crippen LogP contribution is 2.31. The zero-order valence-corrected chi connectivity index (χ0v) is 19.1. The highest BCUT2D eigenvalue weighted by atomic mass is 32.2. The number of nitrogens with one attached hydrogen (secondary N) is 1. The van der Waals surface area contributed by atoms with Crippen molar-refractivity contribution in [1.29, 1.82) is 0 Å². The molecule has 0 aliphatic carbocycles. The molecule has 174 valence electrons. The molecule has 1 heterocycles. The zero-order chi connectivity index (χ0) is 23.7. The maximum absolute atomic E-state index is 12.9. The monoisotopic (exact) mass is 468 g/mol. The van der Waals surface area contributed by atoms with Crippen molar-refractivity contribution >= 4 is 15.9 Å². The normalized spacial score (nSPS) is 17.2. The van der Waals surface area contributed by atoms with Gasteiger partial charge in [-0.3, -0.25) is 4.79 Å². The number of hydrogen-bond donors (Lipinski definition) is 1. The van der Waals surface area contributed by atoms with Crippen molar-refractivity contribution in [3.8, 4) is 0 Å². The quantitative estimate of drug-likeness (QED) is 0.698. The van der Waals surface area contributed by atoms with E-state index < -0.39 is 33.7 Å². The van der Waals surface area contributed by atoms with Gasteiger partial charge in [0.05, 0.1) is 16.5 Å². The molecule has 0 radical (unpaired) electrons. The van der Waals surface area contributed by atoms with Crippen LogP contribution >= 0.6 is 0 Å². The number of amides is 1. The Bertz CT molecular complexity index is 1090. The van der Waals surface area contributed by atoms with Crippen LogP contribution in [0.4, 0.5) is 13.2 Å². The van der Waals surface area contributed by atoms with Crippen molar-refractivity contribution in [2.24, 2.45) is 5.92 Å². The molecule has 0 aromatic heterocycles. The molecule has 1 aliphatic rings. The smallest absolute Gasteiger partial charge is 0.349 e. The van der Waals surface area contributed by atoms with Gasteiger partial charge in [0, 0.05) is 19.0 Å². The van der Waals surface area contributed by atoms with Crippen LogP contribution in [0.15, 0.2) is 47.4 Å². The van der Waals surface area contributed by atoms with E-state index in [1.807, 2.05) is 13.8 Å². The van der Waals surface area contributed by atoms with Crippen molar-refractivity contribution in [3.63, 3.8) is 0 Å². The standard InChI is InChI=1S/C23H27F3N2O3S/c1-15-7-8-21(13-16(15)2)32(30,31)28-11-9-18(10-12-28)22(29)27-17(3)19-5-4-6-20(14-19)23(24,25)26/h4-8,13-14,17-18H,9-12H2,1-3H3,(H,27,29). The average molecular weight is 469 g/mol. The van der Waals surface area contributed by atoms with Gasteiger partial charge in [-0.05, 0) is 74.6 Å². The van der Waals surface area contributed by atoms with E-state index in [2.05, 4.69) is 5.32 Å². The fraction of sp³-hybridized carbons (Fsp3) is 0.435. The van der Waals surface area contributed by atoms with Gasteiger partial charge in [-0.25, -0.2) is 8.42 Å². The van der Waals surface area contributed by atoms with Crippen LogP contribution in [0.5, 0.6) is 0 Å². The van der Waals surface area contributed by atoms with Crippen LogP contribution in [0.1, 0.15) is 48.1 Å². The summed E-state index contributed by atoms with van der Waals surface area (Å²) < 4.78 is 66.1. The second-order valence-corrected chi connectivity index (χ2v) is 10.2. The molecular weight excluding hydrogens is 441 g/mol. The van der Waals surface area contributed by atoms with Gasteiger partial charge in [-0.2, -0.15) is 17.5 Å². The second-order valence-electron chi connectivity index (χ2n) is 8.28. The van der Waals surface area contributed by atoms with Gasteiger partial charge >= 0.3 is 6.18 Å². The molecule has 1 aliphatic heterocycles. The first-order valence-corrected chi connectivity index (χ1v) is 11.9. The topological polar surface area (TPSA) is 66.5 Å². The fourth-order valence-electron chi connectivity index (χ4n) is 3.78. The molecule has 5 nitrogen and oxygen atoms in total. The van der Waals surface area contributed by atoms with Gasteiger partial charge in [-0.15, -0.1) is 0 Å². The molecule has 0 saturated carbocycles. The lowest BCUT2D eigenvalue weighted by Crippen LogP contribution is -2.43. The zero-order valence-electron chi connectivity index (χ0n) is 18.2. The Morgan fingerprint density at radius 1 is 1.06 bits per heavy atom. The van der Waals surface area contributed by atoms with Crippen LogP contribution in [0, 0.1) is 19.8 Å². The molecule has 1 saturated heterocycles. The summed E-state index contributed by atoms with van der Waals surface area (Å²) in [6.45, 7) is 5.83. The maximum atomic E-state index is 12.9. The van der Waals surface area contributed by atoms with Crippen LogP contribution < -0.4 is 5.32 Å². The molecular formula is C23H27F3N2O3S. The molecule has 3 rings (SSSR count). The lowest BCUT2D eigenvalue weighted by Gasteiger charge is -2.31. The van der Waals surface area contributed by atoms with Crippen LogP contribution in [0.25, 0.3) is 0 Å². The van der Waals surface area contributed by atoms with Crippen molar-refractivity contribution in [2.45, 2.75) is 50.7 Å². The van der Waals surface area contributed by atoms with Gasteiger partial charge in [-0.1, -0.05) is 18.2 Å². The van der Waals surface area contributed by atoms with Gasteiger partial charge in [0.25, 0.3) is 0 Å². The highest BCUT2D eigenvalue weighted by Gasteiger charge is 2.33. The summed E-state index contributed by atoms with van der Waals surface area (Å²) in [5, 5.41) is 2.77. The number of hydrogen-bond acceptors (Lipinski definition) is 3. The number of piperidine rings is 1. The molecule has 1 N–H and O–H groups in total. The molecule has 1 atom stereocenters. The molecule has 1 fully saturated rings. The van der Waals surface area contributed by atoms with Crippen molar-refractivity contribution < 1.29 is 26.4 Å². The fourth-order valence-corrected chi connectivity index (χ4v) is 5.34. The van der Waals surface area contributed by atoms with E-state index in [9.17, 15) is 26.4 Å². The summed E-state index contributed by atoms with van der Waals surface area (Å²) in [6, 6.07) is 9.30. The van der Waals surface area contributed by atoms with Crippen LogP contribution in [-0.4, -0.2) is 31.7 Å². The summed E-state index contributed by atoms with van der Waals surface area (Å²) in [5.41, 5.74) is 1.50. The van der Waals surface area contributed by atoms with E-state index in [0.717, 1.165) is 23.3 Å². The third-order valence-electron chi connectivity index (χ3n) is 6.01. The number of rotatable bonds is 5. The molecule has 1 amide bonds. The predicted octanol–water partition coefficient (Wildman–Crippen LogP) is 4.60. The van der Waals surface area contributed by atoms with Gasteiger partial charge < -0.3 is 5.32 Å². The number of aryl methyl sites for hydroxylation is 2. The number of carbonyl (C=O) groups excluding carboxylic acids is 1. The second kappa shape index (κ2) is 9.23. The Kier molecular flexibility index (Phi) is 7.00. The van der Waals surface area contributed by atoms with Gasteiger partial charge in [0.1, 0.15) is 0 Å². The SMILES string of the molecule is Cc1ccc(S(=O)(=O)N2CCC(C(=O)NC(C)c3cccc(C(F)(F)F)c3)CC2)cc1C.